The highest BCUT2D eigenvalue weighted by atomic mass is 32.2. The van der Waals surface area contributed by atoms with Crippen molar-refractivity contribution in [3.63, 3.8) is 0 Å². The topological polar surface area (TPSA) is 63.8 Å². The van der Waals surface area contributed by atoms with Crippen LogP contribution in [0.15, 0.2) is 6.07 Å². The zero-order chi connectivity index (χ0) is 14.0. The Morgan fingerprint density at radius 2 is 2.16 bits per heavy atom. The minimum atomic E-state index is -4.21. The number of nitrogens with zero attached hydrogens (tertiary/aromatic N) is 2. The molecule has 2 aromatic heterocycles. The molecule has 0 saturated carbocycles. The molecule has 0 spiro atoms. The van der Waals surface area contributed by atoms with Crippen LogP contribution in [0, 0.1) is 6.92 Å². The van der Waals surface area contributed by atoms with E-state index in [1.165, 1.54) is 11.3 Å². The van der Waals surface area contributed by atoms with E-state index in [9.17, 15) is 13.2 Å². The van der Waals surface area contributed by atoms with E-state index in [1.807, 2.05) is 13.0 Å². The normalized spacial score (nSPS) is 12.0. The first-order valence-corrected chi connectivity index (χ1v) is 7.13. The zero-order valence-electron chi connectivity index (χ0n) is 9.91. The molecule has 0 bridgehead atoms. The van der Waals surface area contributed by atoms with E-state index in [4.69, 9.17) is 5.73 Å². The molecular weight excluding hydrogens is 297 g/mol. The van der Waals surface area contributed by atoms with Gasteiger partial charge >= 0.3 is 5.51 Å². The molecule has 0 saturated heterocycles. The standard InChI is InChI=1S/C10H11F3N4S2/c1-5-4-6-7(15-2-3-18-10(11,12)13)16-9(14)17-8(6)19-5/h4H,2-3H2,1H3,(H3,14,15,16,17). The van der Waals surface area contributed by atoms with Gasteiger partial charge in [0.05, 0.1) is 5.39 Å². The largest absolute Gasteiger partial charge is 0.441 e. The van der Waals surface area contributed by atoms with Crippen molar-refractivity contribution >= 4 is 45.1 Å². The highest BCUT2D eigenvalue weighted by molar-refractivity contribution is 8.00. The second kappa shape index (κ2) is 5.41. The number of thioether (sulfide) groups is 1. The van der Waals surface area contributed by atoms with E-state index in [1.54, 1.807) is 0 Å². The van der Waals surface area contributed by atoms with Crippen molar-refractivity contribution in [1.29, 1.82) is 0 Å². The Kier molecular flexibility index (Phi) is 4.04. The maximum absolute atomic E-state index is 12.0. The van der Waals surface area contributed by atoms with Crippen molar-refractivity contribution < 1.29 is 13.2 Å². The number of nitrogens with one attached hydrogen (secondary N) is 1. The Morgan fingerprint density at radius 3 is 2.84 bits per heavy atom. The predicted octanol–water partition coefficient (Wildman–Crippen LogP) is 3.25. The number of thiophene rings is 1. The van der Waals surface area contributed by atoms with Gasteiger partial charge in [0.15, 0.2) is 0 Å². The molecule has 104 valence electrons. The maximum Gasteiger partial charge on any atom is 0.441 e. The van der Waals surface area contributed by atoms with Crippen LogP contribution in [-0.2, 0) is 0 Å². The van der Waals surface area contributed by atoms with Crippen LogP contribution in [-0.4, -0.2) is 27.8 Å². The lowest BCUT2D eigenvalue weighted by molar-refractivity contribution is -0.0327. The third-order valence-electron chi connectivity index (χ3n) is 2.19. The first-order valence-electron chi connectivity index (χ1n) is 5.33. The van der Waals surface area contributed by atoms with E-state index >= 15 is 0 Å². The molecule has 0 aliphatic rings. The Hall–Kier alpha value is -1.22. The summed E-state index contributed by atoms with van der Waals surface area (Å²) in [7, 11) is 0. The smallest absolute Gasteiger partial charge is 0.369 e. The summed E-state index contributed by atoms with van der Waals surface area (Å²) in [5.41, 5.74) is 1.36. The first kappa shape index (κ1) is 14.2. The third kappa shape index (κ3) is 3.87. The van der Waals surface area contributed by atoms with Crippen molar-refractivity contribution in [1.82, 2.24) is 9.97 Å². The van der Waals surface area contributed by atoms with Crippen LogP contribution < -0.4 is 11.1 Å². The van der Waals surface area contributed by atoms with Gasteiger partial charge in [-0.25, -0.2) is 4.98 Å². The number of hydrogen-bond acceptors (Lipinski definition) is 6. The molecule has 2 heterocycles. The lowest BCUT2D eigenvalue weighted by atomic mass is 10.3. The van der Waals surface area contributed by atoms with Crippen LogP contribution in [0.25, 0.3) is 10.2 Å². The van der Waals surface area contributed by atoms with Gasteiger partial charge in [0.25, 0.3) is 0 Å². The number of hydrogen-bond donors (Lipinski definition) is 2. The van der Waals surface area contributed by atoms with Gasteiger partial charge < -0.3 is 11.1 Å². The number of halogens is 3. The minimum absolute atomic E-state index is 0.0669. The molecule has 0 fully saturated rings. The predicted molar refractivity (Wildman–Crippen MR) is 73.6 cm³/mol. The lowest BCUT2D eigenvalue weighted by Gasteiger charge is -2.08. The van der Waals surface area contributed by atoms with Gasteiger partial charge in [0.1, 0.15) is 10.6 Å². The van der Waals surface area contributed by atoms with E-state index in [0.29, 0.717) is 5.82 Å². The van der Waals surface area contributed by atoms with Crippen LogP contribution in [0.5, 0.6) is 0 Å². The fraction of sp³-hybridized carbons (Fsp3) is 0.400. The van der Waals surface area contributed by atoms with Gasteiger partial charge in [-0.15, -0.1) is 11.3 Å². The molecular formula is C10H11F3N4S2. The van der Waals surface area contributed by atoms with Crippen LogP contribution in [0.4, 0.5) is 24.9 Å². The summed E-state index contributed by atoms with van der Waals surface area (Å²) in [6.45, 7) is 2.08. The number of nitrogen functional groups attached to an aromatic ring is 1. The van der Waals surface area contributed by atoms with Crippen molar-refractivity contribution in [2.75, 3.05) is 23.3 Å². The summed E-state index contributed by atoms with van der Waals surface area (Å²) < 4.78 is 36.0. The first-order chi connectivity index (χ1) is 8.85. The SMILES string of the molecule is Cc1cc2c(NCCSC(F)(F)F)nc(N)nc2s1. The Balaban J connectivity index is 2.07. The van der Waals surface area contributed by atoms with Crippen LogP contribution in [0.3, 0.4) is 0 Å². The zero-order valence-corrected chi connectivity index (χ0v) is 11.5. The number of aryl methyl sites for hydroxylation is 1. The number of rotatable bonds is 4. The highest BCUT2D eigenvalue weighted by Crippen LogP contribution is 2.31. The number of aromatic nitrogens is 2. The number of fused-ring (bicyclic) bond motifs is 1. The molecule has 2 aromatic rings. The number of alkyl halides is 3. The fourth-order valence-electron chi connectivity index (χ4n) is 1.53. The molecule has 0 radical (unpaired) electrons. The van der Waals surface area contributed by atoms with E-state index in [-0.39, 0.29) is 30.0 Å². The van der Waals surface area contributed by atoms with Gasteiger partial charge in [-0.3, -0.25) is 0 Å². The average Bonchev–Trinajstić information content (AvgIpc) is 2.63. The van der Waals surface area contributed by atoms with Gasteiger partial charge in [-0.2, -0.15) is 18.2 Å². The number of nitrogens with two attached hydrogens (primary N) is 1. The van der Waals surface area contributed by atoms with Gasteiger partial charge in [0, 0.05) is 17.2 Å². The molecule has 9 heteroatoms. The molecule has 0 aromatic carbocycles. The molecule has 0 aliphatic heterocycles. The Bertz CT molecular complexity index is 582. The number of anilines is 2. The van der Waals surface area contributed by atoms with Crippen LogP contribution in [0.1, 0.15) is 4.88 Å². The minimum Gasteiger partial charge on any atom is -0.369 e. The van der Waals surface area contributed by atoms with Crippen LogP contribution >= 0.6 is 23.1 Å². The summed E-state index contributed by atoms with van der Waals surface area (Å²) in [5, 5.41) is 3.65. The molecule has 3 N–H and O–H groups in total. The Morgan fingerprint density at radius 1 is 1.42 bits per heavy atom. The summed E-state index contributed by atoms with van der Waals surface area (Å²) in [5.74, 6) is 0.507. The second-order valence-electron chi connectivity index (χ2n) is 3.73. The molecule has 19 heavy (non-hydrogen) atoms. The van der Waals surface area contributed by atoms with Gasteiger partial charge in [0.2, 0.25) is 5.95 Å². The van der Waals surface area contributed by atoms with Crippen molar-refractivity contribution in [3.8, 4) is 0 Å². The third-order valence-corrected chi connectivity index (χ3v) is 3.87. The maximum atomic E-state index is 12.0. The monoisotopic (exact) mass is 308 g/mol. The molecule has 0 unspecified atom stereocenters. The molecule has 4 nitrogen and oxygen atoms in total. The quantitative estimate of drug-likeness (QED) is 0.849. The second-order valence-corrected chi connectivity index (χ2v) is 6.12. The molecule has 2 rings (SSSR count). The van der Waals surface area contributed by atoms with Gasteiger partial charge in [-0.05, 0) is 24.8 Å². The molecule has 0 atom stereocenters. The molecule has 0 aliphatic carbocycles. The van der Waals surface area contributed by atoms with Gasteiger partial charge in [-0.1, -0.05) is 0 Å². The van der Waals surface area contributed by atoms with Crippen molar-refractivity contribution in [2.45, 2.75) is 12.4 Å². The van der Waals surface area contributed by atoms with E-state index < -0.39 is 5.51 Å². The lowest BCUT2D eigenvalue weighted by Crippen LogP contribution is -2.11. The average molecular weight is 308 g/mol. The Labute approximate surface area is 115 Å². The summed E-state index contributed by atoms with van der Waals surface area (Å²) in [4.78, 5) is 9.88. The summed E-state index contributed by atoms with van der Waals surface area (Å²) >= 11 is 1.40. The highest BCUT2D eigenvalue weighted by Gasteiger charge is 2.27. The summed E-state index contributed by atoms with van der Waals surface area (Å²) in [6, 6.07) is 1.89. The van der Waals surface area contributed by atoms with Crippen LogP contribution in [0.2, 0.25) is 0 Å². The van der Waals surface area contributed by atoms with Crippen molar-refractivity contribution in [2.24, 2.45) is 0 Å². The molecule has 0 amide bonds. The van der Waals surface area contributed by atoms with E-state index in [2.05, 4.69) is 15.3 Å². The van der Waals surface area contributed by atoms with E-state index in [0.717, 1.165) is 15.1 Å². The summed E-state index contributed by atoms with van der Waals surface area (Å²) in [6.07, 6.45) is 0. The fourth-order valence-corrected chi connectivity index (χ4v) is 2.85. The van der Waals surface area contributed by atoms with Crippen molar-refractivity contribution in [3.05, 3.63) is 10.9 Å².